The minimum absolute atomic E-state index is 0.0311. The number of pyridine rings is 2. The molecule has 0 atom stereocenters. The first-order chi connectivity index (χ1) is 18.9. The number of alkyl halides is 2. The number of hydrogen-bond donors (Lipinski definition) is 2. The van der Waals surface area contributed by atoms with E-state index in [9.17, 15) is 14.0 Å². The second-order valence-electron chi connectivity index (χ2n) is 10.9. The highest BCUT2D eigenvalue weighted by atomic mass is 19.3. The van der Waals surface area contributed by atoms with Crippen LogP contribution in [0.3, 0.4) is 0 Å². The van der Waals surface area contributed by atoms with Crippen molar-refractivity contribution in [2.24, 2.45) is 5.92 Å². The van der Waals surface area contributed by atoms with Crippen molar-refractivity contribution >= 4 is 21.9 Å². The Morgan fingerprint density at radius 3 is 2.49 bits per heavy atom. The molecular formula is C30H32F2N6O. The Morgan fingerprint density at radius 1 is 1.05 bits per heavy atom. The van der Waals surface area contributed by atoms with Crippen LogP contribution in [0.4, 0.5) is 8.78 Å². The number of hydrogen-bond acceptors (Lipinski definition) is 6. The minimum Gasteiger partial charge on any atom is -0.487 e. The van der Waals surface area contributed by atoms with Crippen LogP contribution in [-0.2, 0) is 6.54 Å². The van der Waals surface area contributed by atoms with Crippen molar-refractivity contribution in [1.82, 2.24) is 25.2 Å². The SMILES string of the molecule is CC(F)(F)C1CCN(Cc2ccc(-c3cnc4[nH]c5cnc(C#N)c(OC6CCNCC6)c5c4c3)cc2)CC1. The van der Waals surface area contributed by atoms with Crippen molar-refractivity contribution in [2.45, 2.75) is 51.2 Å². The van der Waals surface area contributed by atoms with Crippen molar-refractivity contribution in [1.29, 1.82) is 5.26 Å². The van der Waals surface area contributed by atoms with Crippen LogP contribution in [0.5, 0.6) is 5.75 Å². The van der Waals surface area contributed by atoms with E-state index in [4.69, 9.17) is 4.74 Å². The molecule has 4 aromatic rings. The van der Waals surface area contributed by atoms with Gasteiger partial charge < -0.3 is 15.0 Å². The zero-order chi connectivity index (χ0) is 27.0. The van der Waals surface area contributed by atoms with E-state index in [-0.39, 0.29) is 11.8 Å². The first-order valence-corrected chi connectivity index (χ1v) is 13.7. The summed E-state index contributed by atoms with van der Waals surface area (Å²) in [4.78, 5) is 14.6. The topological polar surface area (TPSA) is 89.9 Å². The molecule has 7 nitrogen and oxygen atoms in total. The summed E-state index contributed by atoms with van der Waals surface area (Å²) in [7, 11) is 0. The molecule has 0 aliphatic carbocycles. The molecule has 0 spiro atoms. The lowest BCUT2D eigenvalue weighted by Crippen LogP contribution is -2.39. The van der Waals surface area contributed by atoms with Crippen molar-refractivity contribution in [2.75, 3.05) is 26.2 Å². The third-order valence-electron chi connectivity index (χ3n) is 8.12. The average Bonchev–Trinajstić information content (AvgIpc) is 3.32. The number of benzene rings is 1. The normalized spacial score (nSPS) is 18.0. The molecule has 2 saturated heterocycles. The maximum absolute atomic E-state index is 13.6. The second-order valence-corrected chi connectivity index (χ2v) is 10.9. The first-order valence-electron chi connectivity index (χ1n) is 13.7. The van der Waals surface area contributed by atoms with Gasteiger partial charge in [-0.3, -0.25) is 4.90 Å². The van der Waals surface area contributed by atoms with E-state index in [1.54, 1.807) is 6.20 Å². The van der Waals surface area contributed by atoms with Gasteiger partial charge in [0.05, 0.1) is 17.1 Å². The van der Waals surface area contributed by atoms with Gasteiger partial charge in [-0.15, -0.1) is 0 Å². The highest BCUT2D eigenvalue weighted by Gasteiger charge is 2.36. The summed E-state index contributed by atoms with van der Waals surface area (Å²) >= 11 is 0. The monoisotopic (exact) mass is 530 g/mol. The molecule has 0 bridgehead atoms. The fraction of sp³-hybridized carbons (Fsp3) is 0.433. The van der Waals surface area contributed by atoms with Gasteiger partial charge >= 0.3 is 0 Å². The van der Waals surface area contributed by atoms with E-state index in [1.165, 1.54) is 0 Å². The largest absolute Gasteiger partial charge is 0.487 e. The van der Waals surface area contributed by atoms with E-state index in [2.05, 4.69) is 61.6 Å². The quantitative estimate of drug-likeness (QED) is 0.335. The number of nitrogens with one attached hydrogen (secondary N) is 2. The van der Waals surface area contributed by atoms with E-state index >= 15 is 0 Å². The molecular weight excluding hydrogens is 498 g/mol. The summed E-state index contributed by atoms with van der Waals surface area (Å²) in [5.74, 6) is -2.60. The number of rotatable bonds is 6. The van der Waals surface area contributed by atoms with E-state index < -0.39 is 11.8 Å². The zero-order valence-electron chi connectivity index (χ0n) is 22.0. The lowest BCUT2D eigenvalue weighted by Gasteiger charge is -2.34. The number of aromatic amines is 1. The number of H-pyrrole nitrogens is 1. The molecule has 1 aromatic carbocycles. The van der Waals surface area contributed by atoms with E-state index in [0.29, 0.717) is 31.7 Å². The predicted molar refractivity (Wildman–Crippen MR) is 147 cm³/mol. The molecule has 39 heavy (non-hydrogen) atoms. The zero-order valence-corrected chi connectivity index (χ0v) is 22.0. The highest BCUT2D eigenvalue weighted by molar-refractivity contribution is 6.10. The number of nitrogens with zero attached hydrogens (tertiary/aromatic N) is 4. The lowest BCUT2D eigenvalue weighted by atomic mass is 9.91. The predicted octanol–water partition coefficient (Wildman–Crippen LogP) is 5.65. The van der Waals surface area contributed by atoms with E-state index in [1.807, 2.05) is 6.20 Å². The van der Waals surface area contributed by atoms with Crippen LogP contribution in [0.2, 0.25) is 0 Å². The van der Waals surface area contributed by atoms with Crippen LogP contribution in [0.15, 0.2) is 42.7 Å². The van der Waals surface area contributed by atoms with Gasteiger partial charge in [0.15, 0.2) is 11.4 Å². The molecule has 9 heteroatoms. The number of aromatic nitrogens is 3. The maximum atomic E-state index is 13.6. The van der Waals surface area contributed by atoms with Crippen LogP contribution in [0.1, 0.15) is 43.9 Å². The van der Waals surface area contributed by atoms with Crippen molar-refractivity contribution in [3.8, 4) is 22.9 Å². The van der Waals surface area contributed by atoms with Crippen LogP contribution in [0, 0.1) is 17.2 Å². The Balaban J connectivity index is 1.25. The second kappa shape index (κ2) is 10.5. The van der Waals surface area contributed by atoms with Crippen molar-refractivity contribution < 1.29 is 13.5 Å². The van der Waals surface area contributed by atoms with Gasteiger partial charge in [-0.2, -0.15) is 5.26 Å². The van der Waals surface area contributed by atoms with E-state index in [0.717, 1.165) is 78.0 Å². The number of piperidine rings is 2. The van der Waals surface area contributed by atoms with Gasteiger partial charge in [0.25, 0.3) is 0 Å². The van der Waals surface area contributed by atoms with Crippen molar-refractivity contribution in [3.63, 3.8) is 0 Å². The number of fused-ring (bicyclic) bond motifs is 3. The minimum atomic E-state index is -2.60. The third kappa shape index (κ3) is 5.32. The molecule has 6 rings (SSSR count). The lowest BCUT2D eigenvalue weighted by molar-refractivity contribution is -0.0626. The number of halogens is 2. The Morgan fingerprint density at radius 2 is 1.79 bits per heavy atom. The third-order valence-corrected chi connectivity index (χ3v) is 8.12. The molecule has 0 radical (unpaired) electrons. The van der Waals surface area contributed by atoms with Gasteiger partial charge in [0.1, 0.15) is 17.8 Å². The molecule has 202 valence electrons. The van der Waals surface area contributed by atoms with Crippen LogP contribution < -0.4 is 10.1 Å². The molecule has 2 aliphatic rings. The van der Waals surface area contributed by atoms with Crippen molar-refractivity contribution in [3.05, 3.63) is 54.0 Å². The summed E-state index contributed by atoms with van der Waals surface area (Å²) in [6.45, 7) is 4.95. The highest BCUT2D eigenvalue weighted by Crippen LogP contribution is 2.37. The van der Waals surface area contributed by atoms with Gasteiger partial charge in [-0.05, 0) is 76.0 Å². The molecule has 0 saturated carbocycles. The smallest absolute Gasteiger partial charge is 0.248 e. The summed E-state index contributed by atoms with van der Waals surface area (Å²) < 4.78 is 33.7. The first kappa shape index (κ1) is 25.7. The van der Waals surface area contributed by atoms with Gasteiger partial charge in [0, 0.05) is 29.6 Å². The van der Waals surface area contributed by atoms with Crippen LogP contribution in [-0.4, -0.2) is 58.1 Å². The standard InChI is InChI=1S/C30H32F2N6O/c1-30(31,32)22-8-12-38(13-9-22)18-19-2-4-20(5-3-19)21-14-24-27-26(37-29(24)36-16-21)17-35-25(15-33)28(27)39-23-6-10-34-11-7-23/h2-5,14,16-17,22-23,34H,6-13,18H2,1H3,(H,36,37). The molecule has 5 heterocycles. The van der Waals surface area contributed by atoms with Gasteiger partial charge in [0.2, 0.25) is 5.92 Å². The summed E-state index contributed by atoms with van der Waals surface area (Å²) in [6.07, 6.45) is 6.36. The number of nitriles is 1. The molecule has 0 amide bonds. The summed E-state index contributed by atoms with van der Waals surface area (Å²) in [5.41, 5.74) is 4.94. The molecule has 3 aromatic heterocycles. The van der Waals surface area contributed by atoms with Crippen LogP contribution in [0.25, 0.3) is 33.1 Å². The molecule has 0 unspecified atom stereocenters. The Kier molecular flexibility index (Phi) is 6.92. The molecule has 2 aliphatic heterocycles. The Labute approximate surface area is 226 Å². The fourth-order valence-corrected chi connectivity index (χ4v) is 5.83. The van der Waals surface area contributed by atoms with Gasteiger partial charge in [-0.25, -0.2) is 18.7 Å². The number of ether oxygens (including phenoxy) is 1. The molecule has 2 fully saturated rings. The van der Waals surface area contributed by atoms with Gasteiger partial charge in [-0.1, -0.05) is 24.3 Å². The fourth-order valence-electron chi connectivity index (χ4n) is 5.83. The summed E-state index contributed by atoms with van der Waals surface area (Å²) in [6, 6.07) is 12.6. The van der Waals surface area contributed by atoms with Crippen LogP contribution >= 0.6 is 0 Å². The Hall–Kier alpha value is -3.61. The average molecular weight is 531 g/mol. The summed E-state index contributed by atoms with van der Waals surface area (Å²) in [5, 5.41) is 14.8. The molecule has 2 N–H and O–H groups in total. The Bertz CT molecular complexity index is 1510. The maximum Gasteiger partial charge on any atom is 0.248 e. The number of likely N-dealkylation sites (tertiary alicyclic amines) is 1.